The molecule has 0 aliphatic carbocycles. The van der Waals surface area contributed by atoms with Crippen molar-refractivity contribution in [1.82, 2.24) is 5.32 Å². The van der Waals surface area contributed by atoms with Gasteiger partial charge >= 0.3 is 0 Å². The van der Waals surface area contributed by atoms with Gasteiger partial charge in [0, 0.05) is 6.42 Å². The maximum atomic E-state index is 12.5. The van der Waals surface area contributed by atoms with Crippen LogP contribution in [0.15, 0.2) is 0 Å². The van der Waals surface area contributed by atoms with Gasteiger partial charge in [-0.25, -0.2) is 0 Å². The van der Waals surface area contributed by atoms with Crippen LogP contribution in [0.3, 0.4) is 0 Å². The van der Waals surface area contributed by atoms with Crippen LogP contribution < -0.4 is 5.32 Å². The lowest BCUT2D eigenvalue weighted by molar-refractivity contribution is -0.359. The predicted molar refractivity (Wildman–Crippen MR) is 152 cm³/mol. The number of rotatable bonds is 20. The fourth-order valence-corrected chi connectivity index (χ4v) is 5.27. The minimum atomic E-state index is -1.77. The molecule has 1 amide bonds. The van der Waals surface area contributed by atoms with Crippen molar-refractivity contribution in [3.8, 4) is 0 Å². The Morgan fingerprint density at radius 1 is 0.744 bits per heavy atom. The quantitative estimate of drug-likeness (QED) is 0.0726. The molecule has 43 heavy (non-hydrogen) atoms. The van der Waals surface area contributed by atoms with Crippen molar-refractivity contribution in [3.05, 3.63) is 0 Å². The average Bonchev–Trinajstić information content (AvgIpc) is 3.00. The molecule has 0 radical (unpaired) electrons. The molecule has 2 saturated heterocycles. The van der Waals surface area contributed by atoms with E-state index in [-0.39, 0.29) is 18.9 Å². The summed E-state index contributed by atoms with van der Waals surface area (Å²) in [6, 6.07) is -0.812. The zero-order chi connectivity index (χ0) is 31.9. The van der Waals surface area contributed by atoms with E-state index >= 15 is 0 Å². The summed E-state index contributed by atoms with van der Waals surface area (Å²) >= 11 is 0. The van der Waals surface area contributed by atoms with Gasteiger partial charge in [-0.3, -0.25) is 4.79 Å². The predicted octanol–water partition coefficient (Wildman–Crippen LogP) is -1.20. The standard InChI is InChI=1S/C29H55NO13/c1-3-5-7-8-9-10-11-12-18(33)17(30-21(34)13-6-4-2)16-40-28-26(39)24(37)27(20(15-32)42-28)43-29-25(38)23(36)22(35)19(14-31)41-29/h17-20,22-29,31-33,35-39H,3-16H2,1-2H3,(H,30,34). The van der Waals surface area contributed by atoms with E-state index in [0.717, 1.165) is 32.1 Å². The third-order valence-corrected chi connectivity index (χ3v) is 8.07. The van der Waals surface area contributed by atoms with Crippen LogP contribution in [0.1, 0.15) is 84.5 Å². The van der Waals surface area contributed by atoms with Crippen LogP contribution in [0.2, 0.25) is 0 Å². The Balaban J connectivity index is 2.00. The van der Waals surface area contributed by atoms with E-state index in [1.807, 2.05) is 6.92 Å². The molecule has 0 spiro atoms. The van der Waals surface area contributed by atoms with Crippen LogP contribution >= 0.6 is 0 Å². The number of carbonyl (C=O) groups is 1. The Kier molecular flexibility index (Phi) is 17.9. The monoisotopic (exact) mass is 625 g/mol. The molecule has 0 aromatic rings. The maximum absolute atomic E-state index is 12.5. The lowest BCUT2D eigenvalue weighted by Gasteiger charge is -2.46. The minimum Gasteiger partial charge on any atom is -0.394 e. The van der Waals surface area contributed by atoms with Crippen LogP contribution in [0, 0.1) is 0 Å². The molecule has 14 heteroatoms. The van der Waals surface area contributed by atoms with Crippen LogP contribution in [0.25, 0.3) is 0 Å². The molecule has 254 valence electrons. The fourth-order valence-electron chi connectivity index (χ4n) is 5.27. The highest BCUT2D eigenvalue weighted by molar-refractivity contribution is 5.76. The van der Waals surface area contributed by atoms with Gasteiger partial charge in [0.05, 0.1) is 32.0 Å². The molecule has 2 fully saturated rings. The SMILES string of the molecule is CCCCCCCCCC(O)C(COC1OC(CO)C(OC2OC(CO)C(O)C(O)C2O)C(O)C1O)NC(=O)CCCC. The third-order valence-electron chi connectivity index (χ3n) is 8.07. The summed E-state index contributed by atoms with van der Waals surface area (Å²) in [7, 11) is 0. The van der Waals surface area contributed by atoms with E-state index in [9.17, 15) is 45.6 Å². The van der Waals surface area contributed by atoms with E-state index in [1.54, 1.807) is 0 Å². The second-order valence-electron chi connectivity index (χ2n) is 11.6. The van der Waals surface area contributed by atoms with Gasteiger partial charge in [0.25, 0.3) is 0 Å². The first-order valence-corrected chi connectivity index (χ1v) is 15.8. The molecular formula is C29H55NO13. The smallest absolute Gasteiger partial charge is 0.220 e. The number of unbranched alkanes of at least 4 members (excludes halogenated alkanes) is 7. The van der Waals surface area contributed by atoms with Crippen molar-refractivity contribution in [2.24, 2.45) is 0 Å². The van der Waals surface area contributed by atoms with Crippen LogP contribution in [0.4, 0.5) is 0 Å². The number of hydrogen-bond donors (Lipinski definition) is 9. The van der Waals surface area contributed by atoms with Crippen molar-refractivity contribution >= 4 is 5.91 Å². The van der Waals surface area contributed by atoms with Crippen molar-refractivity contribution in [1.29, 1.82) is 0 Å². The van der Waals surface area contributed by atoms with Gasteiger partial charge < -0.3 is 65.1 Å². The summed E-state index contributed by atoms with van der Waals surface area (Å²) in [6.07, 6.45) is -6.95. The molecule has 12 unspecified atom stereocenters. The molecule has 2 aliphatic rings. The molecule has 2 rings (SSSR count). The normalized spacial score (nSPS) is 34.6. The second-order valence-corrected chi connectivity index (χ2v) is 11.6. The van der Waals surface area contributed by atoms with E-state index in [2.05, 4.69) is 12.2 Å². The number of ether oxygens (including phenoxy) is 4. The highest BCUT2D eigenvalue weighted by atomic mass is 16.7. The lowest BCUT2D eigenvalue weighted by Crippen LogP contribution is -2.65. The number of amides is 1. The molecule has 0 aromatic carbocycles. The van der Waals surface area contributed by atoms with Crippen molar-refractivity contribution in [2.75, 3.05) is 19.8 Å². The first kappa shape index (κ1) is 38.2. The van der Waals surface area contributed by atoms with Crippen molar-refractivity contribution in [3.63, 3.8) is 0 Å². The molecule has 0 aromatic heterocycles. The first-order chi connectivity index (χ1) is 20.6. The van der Waals surface area contributed by atoms with Gasteiger partial charge in [-0.1, -0.05) is 65.2 Å². The molecule has 0 bridgehead atoms. The van der Waals surface area contributed by atoms with Crippen LogP contribution in [-0.2, 0) is 23.7 Å². The van der Waals surface area contributed by atoms with Crippen molar-refractivity contribution in [2.45, 2.75) is 158 Å². The largest absolute Gasteiger partial charge is 0.394 e. The molecule has 12 atom stereocenters. The first-order valence-electron chi connectivity index (χ1n) is 15.8. The van der Waals surface area contributed by atoms with Gasteiger partial charge in [-0.05, 0) is 12.8 Å². The zero-order valence-electron chi connectivity index (χ0n) is 25.4. The Hall–Kier alpha value is -1.01. The minimum absolute atomic E-state index is 0.250. The zero-order valence-corrected chi connectivity index (χ0v) is 25.4. The highest BCUT2D eigenvalue weighted by Gasteiger charge is 2.50. The van der Waals surface area contributed by atoms with E-state index < -0.39 is 86.8 Å². The van der Waals surface area contributed by atoms with Crippen molar-refractivity contribution < 1.29 is 64.6 Å². The average molecular weight is 626 g/mol. The van der Waals surface area contributed by atoms with Gasteiger partial charge in [0.15, 0.2) is 12.6 Å². The Labute approximate surface area is 253 Å². The van der Waals surface area contributed by atoms with E-state index in [4.69, 9.17) is 18.9 Å². The molecule has 9 N–H and O–H groups in total. The third kappa shape index (κ3) is 11.7. The number of carbonyl (C=O) groups excluding carboxylic acids is 1. The molecule has 2 heterocycles. The maximum Gasteiger partial charge on any atom is 0.220 e. The summed E-state index contributed by atoms with van der Waals surface area (Å²) in [4.78, 5) is 12.5. The summed E-state index contributed by atoms with van der Waals surface area (Å²) in [5.74, 6) is -0.250. The van der Waals surface area contributed by atoms with Gasteiger partial charge in [0.1, 0.15) is 48.8 Å². The van der Waals surface area contributed by atoms with E-state index in [1.165, 1.54) is 19.3 Å². The van der Waals surface area contributed by atoms with Gasteiger partial charge in [0.2, 0.25) is 5.91 Å². The summed E-state index contributed by atoms with van der Waals surface area (Å²) in [5, 5.41) is 85.0. The number of nitrogens with one attached hydrogen (secondary N) is 1. The van der Waals surface area contributed by atoms with Crippen LogP contribution in [-0.4, -0.2) is 140 Å². The van der Waals surface area contributed by atoms with Crippen LogP contribution in [0.5, 0.6) is 0 Å². The Morgan fingerprint density at radius 2 is 1.33 bits per heavy atom. The lowest BCUT2D eigenvalue weighted by atomic mass is 9.97. The number of aliphatic hydroxyl groups is 8. The van der Waals surface area contributed by atoms with E-state index in [0.29, 0.717) is 12.8 Å². The number of aliphatic hydroxyl groups excluding tert-OH is 8. The number of hydrogen-bond acceptors (Lipinski definition) is 13. The summed E-state index contributed by atoms with van der Waals surface area (Å²) in [6.45, 7) is 2.47. The topological polar surface area (TPSA) is 228 Å². The van der Waals surface area contributed by atoms with Gasteiger partial charge in [-0.15, -0.1) is 0 Å². The second kappa shape index (κ2) is 20.2. The highest BCUT2D eigenvalue weighted by Crippen LogP contribution is 2.29. The Morgan fingerprint density at radius 3 is 1.95 bits per heavy atom. The fraction of sp³-hybridized carbons (Fsp3) is 0.966. The molecule has 14 nitrogen and oxygen atoms in total. The van der Waals surface area contributed by atoms with Gasteiger partial charge in [-0.2, -0.15) is 0 Å². The molecular weight excluding hydrogens is 570 g/mol. The molecule has 0 saturated carbocycles. The Bertz CT molecular complexity index is 760. The molecule has 2 aliphatic heterocycles. The summed E-state index contributed by atoms with van der Waals surface area (Å²) < 4.78 is 22.3. The summed E-state index contributed by atoms with van der Waals surface area (Å²) in [5.41, 5.74) is 0.